The molecular weight excluding hydrogens is 476 g/mol. The van der Waals surface area contributed by atoms with E-state index in [4.69, 9.17) is 29.6 Å². The monoisotopic (exact) mass is 504 g/mol. The summed E-state index contributed by atoms with van der Waals surface area (Å²) in [5, 5.41) is 11.5. The van der Waals surface area contributed by atoms with Crippen molar-refractivity contribution in [3.63, 3.8) is 0 Å². The molecule has 0 unspecified atom stereocenters. The number of aliphatic hydroxyl groups is 1. The number of nitrogens with zero attached hydrogens (tertiary/aromatic N) is 3. The van der Waals surface area contributed by atoms with Crippen molar-refractivity contribution >= 4 is 39.8 Å². The number of morpholine rings is 1. The van der Waals surface area contributed by atoms with E-state index in [1.807, 2.05) is 36.4 Å². The van der Waals surface area contributed by atoms with E-state index >= 15 is 0 Å². The largest absolute Gasteiger partial charge is 0.504 e. The zero-order valence-electron chi connectivity index (χ0n) is 20.3. The van der Waals surface area contributed by atoms with Crippen molar-refractivity contribution in [2.24, 2.45) is 10.7 Å². The molecule has 2 aromatic heterocycles. The van der Waals surface area contributed by atoms with Crippen molar-refractivity contribution in [2.75, 3.05) is 31.2 Å². The number of amidine groups is 1. The highest BCUT2D eigenvalue weighted by atomic mass is 32.2. The van der Waals surface area contributed by atoms with Gasteiger partial charge in [0.1, 0.15) is 27.8 Å². The number of anilines is 1. The Balaban J connectivity index is 1.48. The van der Waals surface area contributed by atoms with Gasteiger partial charge in [-0.3, -0.25) is 0 Å². The van der Waals surface area contributed by atoms with Crippen LogP contribution in [0.15, 0.2) is 56.9 Å². The van der Waals surface area contributed by atoms with Gasteiger partial charge in [-0.2, -0.15) is 0 Å². The van der Waals surface area contributed by atoms with E-state index in [1.54, 1.807) is 6.07 Å². The molecule has 0 spiro atoms. The fourth-order valence-corrected chi connectivity index (χ4v) is 5.71. The fourth-order valence-electron chi connectivity index (χ4n) is 4.76. The Kier molecular flexibility index (Phi) is 5.78. The first-order valence-electron chi connectivity index (χ1n) is 12.0. The van der Waals surface area contributed by atoms with E-state index in [0.29, 0.717) is 47.0 Å². The molecule has 8 nitrogen and oxygen atoms in total. The second kappa shape index (κ2) is 8.99. The molecule has 0 aliphatic carbocycles. The lowest BCUT2D eigenvalue weighted by Crippen LogP contribution is -2.39. The quantitative estimate of drug-likeness (QED) is 0.549. The van der Waals surface area contributed by atoms with Crippen molar-refractivity contribution in [2.45, 2.75) is 37.5 Å². The minimum Gasteiger partial charge on any atom is -0.504 e. The summed E-state index contributed by atoms with van der Waals surface area (Å²) < 4.78 is 17.8. The molecule has 6 rings (SSSR count). The number of fused-ring (bicyclic) bond motifs is 3. The maximum absolute atomic E-state index is 10.7. The highest BCUT2D eigenvalue weighted by Crippen LogP contribution is 2.47. The van der Waals surface area contributed by atoms with E-state index in [1.165, 1.54) is 11.8 Å². The van der Waals surface area contributed by atoms with Gasteiger partial charge in [0.2, 0.25) is 0 Å². The van der Waals surface area contributed by atoms with Gasteiger partial charge in [-0.15, -0.1) is 0 Å². The van der Waals surface area contributed by atoms with Gasteiger partial charge in [0.25, 0.3) is 0 Å². The molecule has 36 heavy (non-hydrogen) atoms. The first kappa shape index (κ1) is 23.1. The predicted molar refractivity (Wildman–Crippen MR) is 140 cm³/mol. The van der Waals surface area contributed by atoms with E-state index in [0.717, 1.165) is 47.2 Å². The lowest BCUT2D eigenvalue weighted by atomic mass is 9.91. The summed E-state index contributed by atoms with van der Waals surface area (Å²) in [7, 11) is 0. The van der Waals surface area contributed by atoms with Gasteiger partial charge in [0.15, 0.2) is 11.2 Å². The van der Waals surface area contributed by atoms with E-state index < -0.39 is 0 Å². The van der Waals surface area contributed by atoms with Crippen LogP contribution in [-0.2, 0) is 22.5 Å². The van der Waals surface area contributed by atoms with Crippen LogP contribution in [0.2, 0.25) is 0 Å². The molecule has 1 aromatic carbocycles. The topological polar surface area (TPSA) is 106 Å². The Morgan fingerprint density at radius 1 is 1.08 bits per heavy atom. The molecule has 5 heterocycles. The lowest BCUT2D eigenvalue weighted by Gasteiger charge is -2.37. The smallest absolute Gasteiger partial charge is 0.169 e. The summed E-state index contributed by atoms with van der Waals surface area (Å²) in [6.45, 7) is 7.59. The minimum absolute atomic E-state index is 0.0724. The van der Waals surface area contributed by atoms with Gasteiger partial charge in [-0.25, -0.2) is 9.98 Å². The van der Waals surface area contributed by atoms with Gasteiger partial charge >= 0.3 is 0 Å². The number of hydrogen-bond donors (Lipinski definition) is 2. The van der Waals surface area contributed by atoms with Crippen molar-refractivity contribution in [3.05, 3.63) is 70.0 Å². The highest BCUT2D eigenvalue weighted by molar-refractivity contribution is 8.09. The van der Waals surface area contributed by atoms with Gasteiger partial charge in [-0.05, 0) is 31.5 Å². The van der Waals surface area contributed by atoms with Crippen LogP contribution in [-0.4, -0.2) is 47.8 Å². The second-order valence-corrected chi connectivity index (χ2v) is 10.7. The highest BCUT2D eigenvalue weighted by Gasteiger charge is 2.35. The number of rotatable bonds is 2. The van der Waals surface area contributed by atoms with Gasteiger partial charge in [0.05, 0.1) is 30.3 Å². The average molecular weight is 505 g/mol. The maximum atomic E-state index is 10.7. The summed E-state index contributed by atoms with van der Waals surface area (Å²) in [6.07, 6.45) is 0.724. The number of ether oxygens (including phenoxy) is 2. The molecule has 0 saturated carbocycles. The number of aliphatic imine (C=N–C) groups is 1. The maximum Gasteiger partial charge on any atom is 0.169 e. The molecular formula is C27H28N4O4S. The van der Waals surface area contributed by atoms with Crippen LogP contribution in [0.3, 0.4) is 0 Å². The number of pyridine rings is 1. The van der Waals surface area contributed by atoms with Crippen molar-refractivity contribution in [1.29, 1.82) is 0 Å². The molecule has 0 amide bonds. The average Bonchev–Trinajstić information content (AvgIpc) is 3.38. The molecule has 0 bridgehead atoms. The first-order valence-corrected chi connectivity index (χ1v) is 12.8. The molecule has 1 saturated heterocycles. The second-order valence-electron chi connectivity index (χ2n) is 9.68. The van der Waals surface area contributed by atoms with E-state index in [9.17, 15) is 5.11 Å². The summed E-state index contributed by atoms with van der Waals surface area (Å²) in [5.41, 5.74) is 10.8. The molecule has 3 aromatic rings. The van der Waals surface area contributed by atoms with Crippen LogP contribution in [0, 0.1) is 0 Å². The van der Waals surface area contributed by atoms with E-state index in [-0.39, 0.29) is 11.4 Å². The Bertz CT molecular complexity index is 1470. The van der Waals surface area contributed by atoms with Crippen LogP contribution >= 0.6 is 11.8 Å². The minimum atomic E-state index is -0.302. The number of hydrogen-bond acceptors (Lipinski definition) is 9. The molecule has 186 valence electrons. The Morgan fingerprint density at radius 2 is 1.86 bits per heavy atom. The molecule has 3 aliphatic rings. The third kappa shape index (κ3) is 4.17. The van der Waals surface area contributed by atoms with Crippen molar-refractivity contribution < 1.29 is 19.0 Å². The molecule has 0 radical (unpaired) electrons. The number of furan rings is 1. The number of benzene rings is 1. The molecule has 3 N–H and O–H groups in total. The standard InChI is InChI=1S/C27H28N4O4S/c1-27(2)14-17-18(15-34-27)25(31-10-12-33-13-11-31)30-26-21(17)29-24(28)23(36-26)20-9-8-19(35-20)22(32)16-6-4-3-5-7-16/h3-9,32H,10-15H2,1-2H3,(H2,28,29)/b22-19+,23-20-. The van der Waals surface area contributed by atoms with E-state index in [2.05, 4.69) is 18.7 Å². The summed E-state index contributed by atoms with van der Waals surface area (Å²) >= 11 is 1.46. The van der Waals surface area contributed by atoms with Crippen LogP contribution in [0.4, 0.5) is 11.5 Å². The van der Waals surface area contributed by atoms with Crippen molar-refractivity contribution in [3.8, 4) is 0 Å². The lowest BCUT2D eigenvalue weighted by molar-refractivity contribution is -0.0400. The SMILES string of the molecule is CC1(C)Cc2c(c(N3CCOCC3)nc3c2N=C(N)/C(=c2\cc/c(=C(\O)c4ccccc4)o2)S3)CO1. The zero-order chi connectivity index (χ0) is 24.9. The summed E-state index contributed by atoms with van der Waals surface area (Å²) in [6, 6.07) is 12.9. The van der Waals surface area contributed by atoms with Crippen LogP contribution in [0.25, 0.3) is 10.7 Å². The van der Waals surface area contributed by atoms with Crippen LogP contribution in [0.5, 0.6) is 0 Å². The normalized spacial score (nSPS) is 21.4. The third-order valence-corrected chi connectivity index (χ3v) is 7.72. The van der Waals surface area contributed by atoms with Crippen molar-refractivity contribution in [1.82, 2.24) is 4.98 Å². The van der Waals surface area contributed by atoms with Gasteiger partial charge in [-0.1, -0.05) is 42.1 Å². The molecule has 3 aliphatic heterocycles. The molecule has 9 heteroatoms. The summed E-state index contributed by atoms with van der Waals surface area (Å²) in [5.74, 6) is 1.38. The first-order chi connectivity index (χ1) is 17.4. The number of thioether (sulfide) groups is 1. The predicted octanol–water partition coefficient (Wildman–Crippen LogP) is 2.98. The van der Waals surface area contributed by atoms with Gasteiger partial charge in [0, 0.05) is 30.6 Å². The fraction of sp³-hybridized carbons (Fsp3) is 0.333. The number of nitrogens with two attached hydrogens (primary N) is 1. The van der Waals surface area contributed by atoms with Crippen LogP contribution in [0.1, 0.15) is 30.5 Å². The summed E-state index contributed by atoms with van der Waals surface area (Å²) in [4.78, 5) is 12.8. The Labute approximate surface area is 213 Å². The molecule has 0 atom stereocenters. The van der Waals surface area contributed by atoms with Crippen LogP contribution < -0.4 is 21.5 Å². The Morgan fingerprint density at radius 3 is 2.64 bits per heavy atom. The Hall–Kier alpha value is -3.27. The number of aliphatic hydroxyl groups excluding tert-OH is 1. The number of aromatic nitrogens is 1. The third-order valence-electron chi connectivity index (χ3n) is 6.62. The zero-order valence-corrected chi connectivity index (χ0v) is 21.1. The molecule has 1 fully saturated rings. The van der Waals surface area contributed by atoms with Gasteiger partial charge < -0.3 is 29.6 Å².